The van der Waals surface area contributed by atoms with Crippen molar-refractivity contribution in [3.05, 3.63) is 86.4 Å². The van der Waals surface area contributed by atoms with Crippen molar-refractivity contribution in [3.8, 4) is 17.2 Å². The van der Waals surface area contributed by atoms with E-state index in [2.05, 4.69) is 0 Å². The van der Waals surface area contributed by atoms with Crippen molar-refractivity contribution >= 4 is 46.6 Å². The van der Waals surface area contributed by atoms with Crippen molar-refractivity contribution in [2.45, 2.75) is 44.4 Å². The molecule has 0 aliphatic carbocycles. The summed E-state index contributed by atoms with van der Waals surface area (Å²) in [5.41, 5.74) is 2.16. The van der Waals surface area contributed by atoms with E-state index in [0.717, 1.165) is 31.2 Å². The van der Waals surface area contributed by atoms with Gasteiger partial charge in [-0.2, -0.15) is 0 Å². The summed E-state index contributed by atoms with van der Waals surface area (Å²) >= 11 is 18.5. The minimum absolute atomic E-state index is 0. The summed E-state index contributed by atoms with van der Waals surface area (Å²) in [5.74, 6) is -0.592. The maximum Gasteiger partial charge on any atom is 1.00 e. The van der Waals surface area contributed by atoms with E-state index in [-0.39, 0.29) is 47.0 Å². The number of fused-ring (bicyclic) bond motifs is 1. The molecule has 188 valence electrons. The number of halogens is 3. The minimum Gasteiger partial charge on any atom is -0.549 e. The Kier molecular flexibility index (Phi) is 11.2. The van der Waals surface area contributed by atoms with Gasteiger partial charge in [-0.1, -0.05) is 47.3 Å². The molecule has 3 aromatic rings. The molecule has 0 bridgehead atoms. The van der Waals surface area contributed by atoms with Crippen LogP contribution in [0.25, 0.3) is 0 Å². The molecule has 0 amide bonds. The number of carbonyl (C=O) groups is 2. The molecule has 0 fully saturated rings. The van der Waals surface area contributed by atoms with Crippen LogP contribution in [0.1, 0.15) is 59.5 Å². The summed E-state index contributed by atoms with van der Waals surface area (Å²) in [6.45, 7) is 0.276. The molecule has 3 aromatic carbocycles. The number of Topliss-reactive ketones (excluding diaryl/α,β-unsaturated/α-hetero) is 1. The Labute approximate surface area is 253 Å². The van der Waals surface area contributed by atoms with Gasteiger partial charge in [0.15, 0.2) is 5.78 Å². The molecule has 37 heavy (non-hydrogen) atoms. The fraction of sp³-hybridized carbons (Fsp3) is 0.286. The van der Waals surface area contributed by atoms with Gasteiger partial charge in [-0.05, 0) is 73.7 Å². The van der Waals surface area contributed by atoms with Crippen molar-refractivity contribution in [2.24, 2.45) is 0 Å². The third kappa shape index (κ3) is 7.89. The molecule has 0 radical (unpaired) electrons. The molecule has 0 aromatic heterocycles. The van der Waals surface area contributed by atoms with Crippen LogP contribution in [0, 0.1) is 0 Å². The number of aliphatic carboxylic acids is 1. The molecule has 1 unspecified atom stereocenters. The van der Waals surface area contributed by atoms with E-state index in [0.29, 0.717) is 51.3 Å². The summed E-state index contributed by atoms with van der Waals surface area (Å²) in [7, 11) is 0. The first kappa shape index (κ1) is 29.8. The van der Waals surface area contributed by atoms with E-state index in [1.54, 1.807) is 42.5 Å². The zero-order valence-corrected chi connectivity index (χ0v) is 24.7. The molecule has 0 N–H and O–H groups in total. The Bertz CT molecular complexity index is 1260. The van der Waals surface area contributed by atoms with Crippen LogP contribution in [0.3, 0.4) is 0 Å². The summed E-state index contributed by atoms with van der Waals surface area (Å²) in [6.07, 6.45) is 4.29. The Balaban J connectivity index is 0.00000380. The first-order valence-corrected chi connectivity index (χ1v) is 12.9. The molecule has 1 atom stereocenters. The number of unbranched alkanes of at least 4 members (excludes halogenated alkanes) is 2. The van der Waals surface area contributed by atoms with Crippen LogP contribution in [0.4, 0.5) is 0 Å². The molecule has 1 aliphatic rings. The van der Waals surface area contributed by atoms with Crippen LogP contribution in [0.5, 0.6) is 17.2 Å². The number of hydrogen-bond donors (Lipinski definition) is 0. The van der Waals surface area contributed by atoms with Crippen LogP contribution in [0.2, 0.25) is 15.1 Å². The Morgan fingerprint density at radius 3 is 2.41 bits per heavy atom. The fourth-order valence-electron chi connectivity index (χ4n) is 4.20. The van der Waals surface area contributed by atoms with Gasteiger partial charge < -0.3 is 19.4 Å². The van der Waals surface area contributed by atoms with Crippen molar-refractivity contribution < 1.29 is 53.7 Å². The smallest absolute Gasteiger partial charge is 0.549 e. The van der Waals surface area contributed by atoms with E-state index in [1.165, 1.54) is 0 Å². The Hall–Kier alpha value is -1.73. The number of carboxylic acids is 1. The van der Waals surface area contributed by atoms with Crippen molar-refractivity contribution in [1.82, 2.24) is 0 Å². The predicted octanol–water partition coefficient (Wildman–Crippen LogP) is 4.04. The van der Waals surface area contributed by atoms with Crippen LogP contribution in [-0.4, -0.2) is 18.4 Å². The van der Waals surface area contributed by atoms with Gasteiger partial charge >= 0.3 is 29.6 Å². The maximum atomic E-state index is 12.6. The minimum atomic E-state index is -1.16. The van der Waals surface area contributed by atoms with E-state index >= 15 is 0 Å². The summed E-state index contributed by atoms with van der Waals surface area (Å²) in [4.78, 5) is 24.0. The fourth-order valence-corrected chi connectivity index (χ4v) is 4.91. The Morgan fingerprint density at radius 1 is 0.946 bits per heavy atom. The van der Waals surface area contributed by atoms with E-state index in [9.17, 15) is 14.7 Å². The molecule has 1 aliphatic heterocycles. The predicted molar refractivity (Wildman–Crippen MR) is 139 cm³/mol. The normalized spacial score (nSPS) is 14.2. The van der Waals surface area contributed by atoms with Crippen LogP contribution in [0.15, 0.2) is 54.6 Å². The van der Waals surface area contributed by atoms with Gasteiger partial charge in [0.25, 0.3) is 0 Å². The van der Waals surface area contributed by atoms with E-state index in [4.69, 9.17) is 44.3 Å². The van der Waals surface area contributed by atoms with Gasteiger partial charge in [0.2, 0.25) is 0 Å². The number of carboxylic acid groups (broad SMARTS) is 1. The second kappa shape index (κ2) is 13.9. The van der Waals surface area contributed by atoms with Crippen molar-refractivity contribution in [2.75, 3.05) is 6.61 Å². The largest absolute Gasteiger partial charge is 1.00 e. The molecule has 9 heteroatoms. The van der Waals surface area contributed by atoms with Gasteiger partial charge in [-0.15, -0.1) is 0 Å². The summed E-state index contributed by atoms with van der Waals surface area (Å²) < 4.78 is 11.5. The maximum absolute atomic E-state index is 12.6. The van der Waals surface area contributed by atoms with Gasteiger partial charge in [-0.25, -0.2) is 0 Å². The van der Waals surface area contributed by atoms with Crippen molar-refractivity contribution in [3.63, 3.8) is 0 Å². The second-order valence-corrected chi connectivity index (χ2v) is 9.93. The van der Waals surface area contributed by atoms with Crippen molar-refractivity contribution in [1.29, 1.82) is 0 Å². The average molecular weight is 570 g/mol. The number of ether oxygens (including phenoxy) is 2. The molecular weight excluding hydrogens is 546 g/mol. The Morgan fingerprint density at radius 2 is 1.70 bits per heavy atom. The molecule has 0 saturated heterocycles. The number of aryl methyl sites for hydroxylation is 1. The summed E-state index contributed by atoms with van der Waals surface area (Å²) in [5, 5.41) is 13.0. The molecule has 0 saturated carbocycles. The monoisotopic (exact) mass is 568 g/mol. The standard InChI is InChI=1S/C28H25Cl3O5.Na/c29-19-9-6-17(23(30)14-19)4-2-1-3-5-25(32)18-7-10-20(11-8-18)36-27-16-26-22(15-24(27)31)21(28(33)34)12-13-35-26;/h6-11,14-16,21H,1-5,12-13H2,(H,33,34);/q;+1/p-1. The van der Waals surface area contributed by atoms with Gasteiger partial charge in [0, 0.05) is 45.5 Å². The topological polar surface area (TPSA) is 75.7 Å². The van der Waals surface area contributed by atoms with Crippen LogP contribution in [-0.2, 0) is 11.2 Å². The van der Waals surface area contributed by atoms with Gasteiger partial charge in [0.05, 0.1) is 11.6 Å². The van der Waals surface area contributed by atoms with Crippen LogP contribution < -0.4 is 44.1 Å². The zero-order chi connectivity index (χ0) is 25.7. The third-order valence-electron chi connectivity index (χ3n) is 6.16. The average Bonchev–Trinajstić information content (AvgIpc) is 2.85. The number of hydrogen-bond acceptors (Lipinski definition) is 5. The third-order valence-corrected chi connectivity index (χ3v) is 7.04. The number of rotatable bonds is 10. The number of carbonyl (C=O) groups excluding carboxylic acids is 2. The second-order valence-electron chi connectivity index (χ2n) is 8.68. The van der Waals surface area contributed by atoms with E-state index < -0.39 is 11.9 Å². The first-order chi connectivity index (χ1) is 17.3. The van der Waals surface area contributed by atoms with E-state index in [1.807, 2.05) is 12.1 Å². The molecule has 4 rings (SSSR count). The molecular formula is C28H24Cl3NaO5. The van der Waals surface area contributed by atoms with Gasteiger partial charge in [0.1, 0.15) is 17.2 Å². The first-order valence-electron chi connectivity index (χ1n) is 11.7. The molecule has 0 spiro atoms. The SMILES string of the molecule is O=C(CCCCCc1ccc(Cl)cc1Cl)c1ccc(Oc2cc3c(cc2Cl)C(C(=O)[O-])CCO3)cc1.[Na+]. The van der Waals surface area contributed by atoms with Gasteiger partial charge in [-0.3, -0.25) is 4.79 Å². The quantitative estimate of drug-likeness (QED) is 0.209. The number of benzene rings is 3. The summed E-state index contributed by atoms with van der Waals surface area (Å²) in [6, 6.07) is 15.5. The number of ketones is 1. The zero-order valence-electron chi connectivity index (χ0n) is 20.4. The van der Waals surface area contributed by atoms with Crippen LogP contribution >= 0.6 is 34.8 Å². The molecule has 1 heterocycles. The molecule has 5 nitrogen and oxygen atoms in total.